The van der Waals surface area contributed by atoms with Gasteiger partial charge in [-0.3, -0.25) is 14.7 Å². The number of hydrogen-bond donors (Lipinski definition) is 2. The summed E-state index contributed by atoms with van der Waals surface area (Å²) in [5, 5.41) is 8.70. The summed E-state index contributed by atoms with van der Waals surface area (Å²) in [6.45, 7) is 0.154. The van der Waals surface area contributed by atoms with E-state index in [-0.39, 0.29) is 35.2 Å². The molecule has 0 spiro atoms. The van der Waals surface area contributed by atoms with Crippen LogP contribution in [0.2, 0.25) is 0 Å². The van der Waals surface area contributed by atoms with Crippen molar-refractivity contribution in [3.63, 3.8) is 0 Å². The first-order chi connectivity index (χ1) is 11.9. The third kappa shape index (κ3) is 3.54. The molecule has 25 heavy (non-hydrogen) atoms. The lowest BCUT2D eigenvalue weighted by molar-refractivity contribution is -0.136. The molecule has 0 aliphatic heterocycles. The summed E-state index contributed by atoms with van der Waals surface area (Å²) >= 11 is 0. The van der Waals surface area contributed by atoms with E-state index in [1.54, 1.807) is 18.3 Å². The molecular formula is C16H13F3N4O2. The fraction of sp³-hybridized carbons (Fsp3) is 0.188. The van der Waals surface area contributed by atoms with Crippen LogP contribution in [0, 0.1) is 0 Å². The van der Waals surface area contributed by atoms with Gasteiger partial charge in [0.15, 0.2) is 5.82 Å². The predicted molar refractivity (Wildman–Crippen MR) is 85.0 cm³/mol. The Hall–Kier alpha value is -3.10. The Kier molecular flexibility index (Phi) is 4.30. The number of H-pyrrole nitrogens is 1. The van der Waals surface area contributed by atoms with Crippen LogP contribution in [-0.4, -0.2) is 20.7 Å². The van der Waals surface area contributed by atoms with Gasteiger partial charge in [-0.25, -0.2) is 0 Å². The molecule has 1 aromatic carbocycles. The lowest BCUT2D eigenvalue weighted by Crippen LogP contribution is -2.21. The molecule has 2 N–H and O–H groups in total. The van der Waals surface area contributed by atoms with Crippen LogP contribution in [0.3, 0.4) is 0 Å². The summed E-state index contributed by atoms with van der Waals surface area (Å²) in [4.78, 5) is 23.6. The normalized spacial score (nSPS) is 11.6. The van der Waals surface area contributed by atoms with Gasteiger partial charge in [-0.15, -0.1) is 0 Å². The van der Waals surface area contributed by atoms with Crippen molar-refractivity contribution in [2.24, 2.45) is 0 Å². The molecule has 3 aromatic rings. The molecule has 0 aliphatic carbocycles. The zero-order chi connectivity index (χ0) is 18.0. The van der Waals surface area contributed by atoms with Crippen LogP contribution in [0.1, 0.15) is 12.0 Å². The van der Waals surface area contributed by atoms with E-state index in [1.807, 2.05) is 0 Å². The Morgan fingerprint density at radius 2 is 2.00 bits per heavy atom. The molecule has 1 amide bonds. The SMILES string of the molecule is O=C(CCn1ccccc1=O)Nc1n[nH]c2c(C(F)(F)F)cccc12. The largest absolute Gasteiger partial charge is 0.418 e. The summed E-state index contributed by atoms with van der Waals surface area (Å²) in [6, 6.07) is 8.25. The van der Waals surface area contributed by atoms with Gasteiger partial charge in [0.25, 0.3) is 5.56 Å². The second-order valence-corrected chi connectivity index (χ2v) is 5.33. The van der Waals surface area contributed by atoms with E-state index in [0.29, 0.717) is 0 Å². The maximum absolute atomic E-state index is 13.0. The van der Waals surface area contributed by atoms with E-state index in [0.717, 1.165) is 6.07 Å². The topological polar surface area (TPSA) is 79.8 Å². The molecule has 0 atom stereocenters. The lowest BCUT2D eigenvalue weighted by atomic mass is 10.1. The molecule has 0 aliphatic rings. The maximum Gasteiger partial charge on any atom is 0.418 e. The number of carbonyl (C=O) groups excluding carboxylic acids is 1. The van der Waals surface area contributed by atoms with Gasteiger partial charge in [-0.2, -0.15) is 18.3 Å². The lowest BCUT2D eigenvalue weighted by Gasteiger charge is -2.07. The highest BCUT2D eigenvalue weighted by molar-refractivity contribution is 6.00. The number of aromatic nitrogens is 3. The highest BCUT2D eigenvalue weighted by Crippen LogP contribution is 2.35. The number of nitrogens with zero attached hydrogens (tertiary/aromatic N) is 2. The Labute approximate surface area is 139 Å². The van der Waals surface area contributed by atoms with Crippen molar-refractivity contribution in [1.82, 2.24) is 14.8 Å². The van der Waals surface area contributed by atoms with Crippen LogP contribution in [0.25, 0.3) is 10.9 Å². The number of carbonyl (C=O) groups is 1. The van der Waals surface area contributed by atoms with Crippen molar-refractivity contribution in [2.75, 3.05) is 5.32 Å². The Balaban J connectivity index is 1.76. The van der Waals surface area contributed by atoms with Crippen molar-refractivity contribution in [2.45, 2.75) is 19.1 Å². The number of rotatable bonds is 4. The minimum Gasteiger partial charge on any atom is -0.315 e. The van der Waals surface area contributed by atoms with Gasteiger partial charge in [-0.1, -0.05) is 12.1 Å². The minimum atomic E-state index is -4.53. The third-order valence-electron chi connectivity index (χ3n) is 3.64. The number of halogens is 3. The molecule has 0 fully saturated rings. The summed E-state index contributed by atoms with van der Waals surface area (Å²) in [5.74, 6) is -0.437. The molecule has 2 aromatic heterocycles. The fourth-order valence-corrected chi connectivity index (χ4v) is 2.44. The van der Waals surface area contributed by atoms with Crippen LogP contribution >= 0.6 is 0 Å². The smallest absolute Gasteiger partial charge is 0.315 e. The number of pyridine rings is 1. The fourth-order valence-electron chi connectivity index (χ4n) is 2.44. The summed E-state index contributed by atoms with van der Waals surface area (Å²) < 4.78 is 40.3. The van der Waals surface area contributed by atoms with Crippen LogP contribution < -0.4 is 10.9 Å². The maximum atomic E-state index is 13.0. The zero-order valence-electron chi connectivity index (χ0n) is 12.8. The van der Waals surface area contributed by atoms with Crippen molar-refractivity contribution in [3.8, 4) is 0 Å². The average Bonchev–Trinajstić information content (AvgIpc) is 2.96. The van der Waals surface area contributed by atoms with Gasteiger partial charge >= 0.3 is 6.18 Å². The molecule has 6 nitrogen and oxygen atoms in total. The number of fused-ring (bicyclic) bond motifs is 1. The van der Waals surface area contributed by atoms with Crippen LogP contribution in [-0.2, 0) is 17.5 Å². The molecular weight excluding hydrogens is 337 g/mol. The number of hydrogen-bond acceptors (Lipinski definition) is 3. The molecule has 2 heterocycles. The van der Waals surface area contributed by atoms with E-state index in [9.17, 15) is 22.8 Å². The van der Waals surface area contributed by atoms with E-state index in [4.69, 9.17) is 0 Å². The number of amides is 1. The minimum absolute atomic E-state index is 0.0166. The van der Waals surface area contributed by atoms with E-state index in [1.165, 1.54) is 22.8 Å². The second-order valence-electron chi connectivity index (χ2n) is 5.33. The first kappa shape index (κ1) is 16.7. The van der Waals surface area contributed by atoms with Gasteiger partial charge in [0.1, 0.15) is 0 Å². The van der Waals surface area contributed by atoms with Gasteiger partial charge < -0.3 is 9.88 Å². The average molecular weight is 350 g/mol. The Morgan fingerprint density at radius 1 is 1.20 bits per heavy atom. The van der Waals surface area contributed by atoms with Crippen molar-refractivity contribution in [3.05, 3.63) is 58.5 Å². The first-order valence-electron chi connectivity index (χ1n) is 7.36. The summed E-state index contributed by atoms with van der Waals surface area (Å²) in [7, 11) is 0. The molecule has 0 saturated heterocycles. The molecule has 0 unspecified atom stereocenters. The molecule has 3 rings (SSSR count). The van der Waals surface area contributed by atoms with Crippen LogP contribution in [0.15, 0.2) is 47.4 Å². The van der Waals surface area contributed by atoms with E-state index in [2.05, 4.69) is 15.5 Å². The van der Waals surface area contributed by atoms with Crippen molar-refractivity contribution in [1.29, 1.82) is 0 Å². The van der Waals surface area contributed by atoms with E-state index < -0.39 is 17.6 Å². The van der Waals surface area contributed by atoms with Crippen LogP contribution in [0.5, 0.6) is 0 Å². The van der Waals surface area contributed by atoms with Gasteiger partial charge in [0.2, 0.25) is 5.91 Å². The highest BCUT2D eigenvalue weighted by Gasteiger charge is 2.33. The number of anilines is 1. The molecule has 130 valence electrons. The number of benzene rings is 1. The number of nitrogens with one attached hydrogen (secondary N) is 2. The third-order valence-corrected chi connectivity index (χ3v) is 3.64. The molecule has 0 saturated carbocycles. The zero-order valence-corrected chi connectivity index (χ0v) is 12.8. The summed E-state index contributed by atoms with van der Waals surface area (Å²) in [6.07, 6.45) is -2.99. The predicted octanol–water partition coefficient (Wildman–Crippen LogP) is 2.77. The van der Waals surface area contributed by atoms with Crippen molar-refractivity contribution < 1.29 is 18.0 Å². The number of para-hydroxylation sites is 1. The number of alkyl halides is 3. The second kappa shape index (κ2) is 6.42. The first-order valence-corrected chi connectivity index (χ1v) is 7.36. The summed E-state index contributed by atoms with van der Waals surface area (Å²) in [5.41, 5.74) is -1.28. The number of aryl methyl sites for hydroxylation is 1. The molecule has 0 bridgehead atoms. The van der Waals surface area contributed by atoms with Crippen molar-refractivity contribution >= 4 is 22.6 Å². The monoisotopic (exact) mass is 350 g/mol. The quantitative estimate of drug-likeness (QED) is 0.759. The molecule has 9 heteroatoms. The van der Waals surface area contributed by atoms with E-state index >= 15 is 0 Å². The number of aromatic amines is 1. The highest BCUT2D eigenvalue weighted by atomic mass is 19.4. The molecule has 0 radical (unpaired) electrons. The Bertz CT molecular complexity index is 975. The van der Waals surface area contributed by atoms with Gasteiger partial charge in [-0.05, 0) is 18.2 Å². The Morgan fingerprint density at radius 3 is 2.72 bits per heavy atom. The van der Waals surface area contributed by atoms with Gasteiger partial charge in [0.05, 0.1) is 11.1 Å². The van der Waals surface area contributed by atoms with Crippen LogP contribution in [0.4, 0.5) is 19.0 Å². The standard InChI is InChI=1S/C16H13F3N4O2/c17-16(18,19)11-5-3-4-10-14(11)21-22-15(10)20-12(24)7-9-23-8-2-1-6-13(23)25/h1-6,8H,7,9H2,(H2,20,21,22,24). The van der Waals surface area contributed by atoms with Gasteiger partial charge in [0, 0.05) is 30.6 Å².